The zero-order chi connectivity index (χ0) is 31.1. The number of benzene rings is 3. The van der Waals surface area contributed by atoms with Gasteiger partial charge in [0, 0.05) is 39.6 Å². The van der Waals surface area contributed by atoms with Crippen molar-refractivity contribution in [1.29, 1.82) is 0 Å². The smallest absolute Gasteiger partial charge is 0.244 e. The number of nitrogens with one attached hydrogen (secondary N) is 1. The molecule has 1 atom stereocenters. The molecule has 1 fully saturated rings. The first-order valence-corrected chi connectivity index (χ1v) is 17.2. The number of carbonyl (C=O) groups is 2. The number of hydrogen-bond acceptors (Lipinski definition) is 4. The van der Waals surface area contributed by atoms with E-state index in [1.807, 2.05) is 30.3 Å². The van der Waals surface area contributed by atoms with Crippen LogP contribution in [0.5, 0.6) is 0 Å². The van der Waals surface area contributed by atoms with Gasteiger partial charge in [0.15, 0.2) is 0 Å². The Morgan fingerprint density at radius 3 is 2.16 bits per heavy atom. The minimum Gasteiger partial charge on any atom is -0.352 e. The van der Waals surface area contributed by atoms with E-state index in [0.29, 0.717) is 20.6 Å². The molecule has 11 heteroatoms. The van der Waals surface area contributed by atoms with Gasteiger partial charge in [-0.1, -0.05) is 96.5 Å². The minimum absolute atomic E-state index is 0.00240. The highest BCUT2D eigenvalue weighted by Gasteiger charge is 2.35. The minimum atomic E-state index is -3.92. The number of rotatable bonds is 11. The Bertz CT molecular complexity index is 1530. The van der Waals surface area contributed by atoms with Gasteiger partial charge >= 0.3 is 0 Å². The van der Waals surface area contributed by atoms with Gasteiger partial charge in [-0.15, -0.1) is 0 Å². The van der Waals surface area contributed by atoms with Crippen molar-refractivity contribution in [3.05, 3.63) is 98.5 Å². The molecule has 1 aliphatic rings. The van der Waals surface area contributed by atoms with Gasteiger partial charge in [0.2, 0.25) is 21.8 Å². The quantitative estimate of drug-likeness (QED) is 0.244. The normalized spacial score (nSPS) is 14.6. The monoisotopic (exact) mass is 663 g/mol. The third kappa shape index (κ3) is 8.88. The van der Waals surface area contributed by atoms with E-state index < -0.39 is 28.5 Å². The summed E-state index contributed by atoms with van der Waals surface area (Å²) in [5.41, 5.74) is 2.32. The topological polar surface area (TPSA) is 86.8 Å². The van der Waals surface area contributed by atoms with E-state index in [-0.39, 0.29) is 30.6 Å². The van der Waals surface area contributed by atoms with Crippen molar-refractivity contribution < 1.29 is 18.0 Å². The fraction of sp³-hybridized carbons (Fsp3) is 0.375. The molecular weight excluding hydrogens is 629 g/mol. The van der Waals surface area contributed by atoms with Crippen molar-refractivity contribution in [2.45, 2.75) is 64.1 Å². The number of aryl methyl sites for hydroxylation is 1. The van der Waals surface area contributed by atoms with E-state index in [0.717, 1.165) is 53.8 Å². The lowest BCUT2D eigenvalue weighted by atomic mass is 9.94. The lowest BCUT2D eigenvalue weighted by molar-refractivity contribution is -0.140. The average Bonchev–Trinajstić information content (AvgIpc) is 2.97. The van der Waals surface area contributed by atoms with Gasteiger partial charge < -0.3 is 10.2 Å². The maximum atomic E-state index is 14.3. The molecule has 0 heterocycles. The van der Waals surface area contributed by atoms with Crippen LogP contribution in [0.4, 0.5) is 5.69 Å². The van der Waals surface area contributed by atoms with Crippen molar-refractivity contribution in [2.24, 2.45) is 0 Å². The molecule has 2 amide bonds. The molecule has 0 bridgehead atoms. The maximum absolute atomic E-state index is 14.3. The molecule has 1 N–H and O–H groups in total. The van der Waals surface area contributed by atoms with Gasteiger partial charge in [-0.05, 0) is 55.2 Å². The number of anilines is 1. The first-order valence-electron chi connectivity index (χ1n) is 14.2. The van der Waals surface area contributed by atoms with E-state index in [1.54, 1.807) is 37.3 Å². The van der Waals surface area contributed by atoms with Crippen LogP contribution >= 0.6 is 34.8 Å². The number of sulfonamides is 1. The number of halogens is 3. The second-order valence-electron chi connectivity index (χ2n) is 11.0. The Morgan fingerprint density at radius 2 is 1.56 bits per heavy atom. The number of amides is 2. The molecule has 1 unspecified atom stereocenters. The molecule has 4 rings (SSSR count). The second kappa shape index (κ2) is 14.8. The van der Waals surface area contributed by atoms with E-state index in [2.05, 4.69) is 5.32 Å². The Morgan fingerprint density at radius 1 is 0.907 bits per heavy atom. The first-order chi connectivity index (χ1) is 20.4. The highest BCUT2D eigenvalue weighted by Crippen LogP contribution is 2.29. The molecule has 230 valence electrons. The summed E-state index contributed by atoms with van der Waals surface area (Å²) in [6.07, 6.45) is 6.14. The van der Waals surface area contributed by atoms with Crippen molar-refractivity contribution in [3.63, 3.8) is 0 Å². The molecule has 1 aliphatic carbocycles. The Hall–Kier alpha value is -2.78. The fourth-order valence-corrected chi connectivity index (χ4v) is 6.84. The summed E-state index contributed by atoms with van der Waals surface area (Å²) in [5.74, 6) is -0.894. The molecule has 43 heavy (non-hydrogen) atoms. The molecule has 0 saturated heterocycles. The molecule has 0 aromatic heterocycles. The van der Waals surface area contributed by atoms with Crippen LogP contribution in [0, 0.1) is 6.92 Å². The summed E-state index contributed by atoms with van der Waals surface area (Å²) in [5, 5.41) is 4.21. The molecule has 3 aromatic carbocycles. The van der Waals surface area contributed by atoms with Crippen molar-refractivity contribution >= 4 is 62.3 Å². The molecular formula is C32H36Cl3N3O4S. The van der Waals surface area contributed by atoms with Crippen LogP contribution < -0.4 is 9.62 Å². The lowest BCUT2D eigenvalue weighted by Gasteiger charge is -2.35. The third-order valence-electron chi connectivity index (χ3n) is 7.74. The molecule has 7 nitrogen and oxygen atoms in total. The SMILES string of the molecule is Cc1ccc(N(CC(=O)N(Cc2c(Cl)cccc2Cl)C(Cc2ccccc2)C(=O)NC2CCCCC2)S(C)(=O)=O)cc1Cl. The van der Waals surface area contributed by atoms with Gasteiger partial charge in [0.05, 0.1) is 11.9 Å². The summed E-state index contributed by atoms with van der Waals surface area (Å²) in [7, 11) is -3.92. The van der Waals surface area contributed by atoms with Crippen LogP contribution in [0.15, 0.2) is 66.7 Å². The van der Waals surface area contributed by atoms with Crippen molar-refractivity contribution in [3.8, 4) is 0 Å². The summed E-state index contributed by atoms with van der Waals surface area (Å²) >= 11 is 19.4. The molecule has 0 radical (unpaired) electrons. The zero-order valence-electron chi connectivity index (χ0n) is 24.2. The number of carbonyl (C=O) groups excluding carboxylic acids is 2. The molecule has 1 saturated carbocycles. The van der Waals surface area contributed by atoms with Gasteiger partial charge in [-0.25, -0.2) is 8.42 Å². The van der Waals surface area contributed by atoms with Gasteiger partial charge in [-0.2, -0.15) is 0 Å². The van der Waals surface area contributed by atoms with Gasteiger partial charge in [0.1, 0.15) is 12.6 Å². The predicted molar refractivity (Wildman–Crippen MR) is 174 cm³/mol. The summed E-state index contributed by atoms with van der Waals surface area (Å²) in [6, 6.07) is 18.3. The van der Waals surface area contributed by atoms with Crippen LogP contribution in [0.2, 0.25) is 15.1 Å². The van der Waals surface area contributed by atoms with Crippen molar-refractivity contribution in [1.82, 2.24) is 10.2 Å². The van der Waals surface area contributed by atoms with Crippen LogP contribution in [-0.4, -0.2) is 50.0 Å². The second-order valence-corrected chi connectivity index (χ2v) is 14.1. The Balaban J connectivity index is 1.76. The Labute approximate surface area is 269 Å². The average molecular weight is 665 g/mol. The first kappa shape index (κ1) is 33.1. The van der Waals surface area contributed by atoms with E-state index >= 15 is 0 Å². The number of nitrogens with zero attached hydrogens (tertiary/aromatic N) is 2. The van der Waals surface area contributed by atoms with Crippen LogP contribution in [0.1, 0.15) is 48.8 Å². The largest absolute Gasteiger partial charge is 0.352 e. The lowest BCUT2D eigenvalue weighted by Crippen LogP contribution is -2.55. The van der Waals surface area contributed by atoms with Gasteiger partial charge in [-0.3, -0.25) is 13.9 Å². The standard InChI is InChI=1S/C32H36Cl3N3O4S/c1-22-16-17-25(19-29(22)35)38(43(2,41)42)21-31(39)37(20-26-27(33)14-9-15-28(26)34)30(18-23-10-5-3-6-11-23)32(40)36-24-12-7-4-8-13-24/h3,5-6,9-11,14-17,19,24,30H,4,7-8,12-13,18,20-21H2,1-2H3,(H,36,40). The zero-order valence-corrected chi connectivity index (χ0v) is 27.3. The van der Waals surface area contributed by atoms with Crippen LogP contribution in [0.3, 0.4) is 0 Å². The maximum Gasteiger partial charge on any atom is 0.244 e. The fourth-order valence-electron chi connectivity index (χ4n) is 5.30. The summed E-state index contributed by atoms with van der Waals surface area (Å²) in [6.45, 7) is 1.15. The molecule has 0 aliphatic heterocycles. The molecule has 3 aromatic rings. The molecule has 0 spiro atoms. The van der Waals surface area contributed by atoms with E-state index in [1.165, 1.54) is 11.0 Å². The number of hydrogen-bond donors (Lipinski definition) is 1. The summed E-state index contributed by atoms with van der Waals surface area (Å²) < 4.78 is 27.0. The Kier molecular flexibility index (Phi) is 11.4. The third-order valence-corrected chi connectivity index (χ3v) is 9.99. The van der Waals surface area contributed by atoms with E-state index in [9.17, 15) is 18.0 Å². The van der Waals surface area contributed by atoms with Crippen LogP contribution in [-0.2, 0) is 32.6 Å². The summed E-state index contributed by atoms with van der Waals surface area (Å²) in [4.78, 5) is 29.7. The van der Waals surface area contributed by atoms with Crippen molar-refractivity contribution in [2.75, 3.05) is 17.1 Å². The highest BCUT2D eigenvalue weighted by molar-refractivity contribution is 7.92. The highest BCUT2D eigenvalue weighted by atomic mass is 35.5. The predicted octanol–water partition coefficient (Wildman–Crippen LogP) is 6.81. The van der Waals surface area contributed by atoms with Gasteiger partial charge in [0.25, 0.3) is 0 Å². The van der Waals surface area contributed by atoms with Crippen LogP contribution in [0.25, 0.3) is 0 Å². The van der Waals surface area contributed by atoms with E-state index in [4.69, 9.17) is 34.8 Å².